The molecule has 30 heavy (non-hydrogen) atoms. The SMILES string of the molecule is CN1CCC(Oc2cccc(F)c2)c2ccc(-c3ccc(S(C)(=O)=O)cc3)cc2C1. The Morgan fingerprint density at radius 2 is 1.73 bits per heavy atom. The molecule has 1 heterocycles. The van der Waals surface area contributed by atoms with Crippen molar-refractivity contribution in [2.24, 2.45) is 0 Å². The van der Waals surface area contributed by atoms with Crippen LogP contribution < -0.4 is 4.74 Å². The number of sulfone groups is 1. The Labute approximate surface area is 176 Å². The standard InChI is InChI=1S/C24H24FNO3S/c1-26-13-12-24(29-21-5-3-4-20(25)15-21)23-11-8-18(14-19(23)16-26)17-6-9-22(10-7-17)30(2,27)28/h3-11,14-15,24H,12-13,16H2,1-2H3. The molecule has 0 aliphatic carbocycles. The van der Waals surface area contributed by atoms with E-state index in [1.807, 2.05) is 18.2 Å². The number of halogens is 1. The summed E-state index contributed by atoms with van der Waals surface area (Å²) in [6.45, 7) is 1.65. The van der Waals surface area contributed by atoms with Crippen LogP contribution in [0.25, 0.3) is 11.1 Å². The molecule has 0 saturated heterocycles. The van der Waals surface area contributed by atoms with Gasteiger partial charge in [0.05, 0.1) is 4.90 Å². The van der Waals surface area contributed by atoms with Crippen molar-refractivity contribution in [3.63, 3.8) is 0 Å². The van der Waals surface area contributed by atoms with E-state index in [1.165, 1.54) is 18.4 Å². The summed E-state index contributed by atoms with van der Waals surface area (Å²) in [5, 5.41) is 0. The third kappa shape index (κ3) is 4.55. The molecule has 1 unspecified atom stereocenters. The van der Waals surface area contributed by atoms with E-state index >= 15 is 0 Å². The molecule has 0 saturated carbocycles. The molecular formula is C24H24FNO3S. The molecule has 3 aromatic carbocycles. The number of ether oxygens (including phenoxy) is 1. The number of rotatable bonds is 4. The summed E-state index contributed by atoms with van der Waals surface area (Å²) in [5.41, 5.74) is 4.23. The van der Waals surface area contributed by atoms with Crippen molar-refractivity contribution in [3.8, 4) is 16.9 Å². The molecule has 0 aromatic heterocycles. The maximum Gasteiger partial charge on any atom is 0.175 e. The first kappa shape index (κ1) is 20.6. The van der Waals surface area contributed by atoms with Crippen LogP contribution in [-0.2, 0) is 16.4 Å². The highest BCUT2D eigenvalue weighted by Crippen LogP contribution is 2.34. The predicted molar refractivity (Wildman–Crippen MR) is 116 cm³/mol. The lowest BCUT2D eigenvalue weighted by Gasteiger charge is -2.20. The van der Waals surface area contributed by atoms with Gasteiger partial charge < -0.3 is 9.64 Å². The Kier molecular flexibility index (Phi) is 5.62. The lowest BCUT2D eigenvalue weighted by atomic mass is 9.96. The second-order valence-electron chi connectivity index (χ2n) is 7.80. The van der Waals surface area contributed by atoms with Gasteiger partial charge in [0.15, 0.2) is 9.84 Å². The minimum Gasteiger partial charge on any atom is -0.486 e. The largest absolute Gasteiger partial charge is 0.486 e. The van der Waals surface area contributed by atoms with Crippen LogP contribution in [0.5, 0.6) is 5.75 Å². The molecule has 3 aromatic rings. The van der Waals surface area contributed by atoms with Crippen LogP contribution in [0.2, 0.25) is 0 Å². The summed E-state index contributed by atoms with van der Waals surface area (Å²) >= 11 is 0. The van der Waals surface area contributed by atoms with Crippen molar-refractivity contribution in [2.75, 3.05) is 19.8 Å². The van der Waals surface area contributed by atoms with Gasteiger partial charge in [-0.05, 0) is 59.6 Å². The van der Waals surface area contributed by atoms with Gasteiger partial charge in [-0.3, -0.25) is 0 Å². The maximum atomic E-state index is 13.6. The van der Waals surface area contributed by atoms with Crippen LogP contribution in [0.4, 0.5) is 4.39 Å². The normalized spacial score (nSPS) is 17.2. The summed E-state index contributed by atoms with van der Waals surface area (Å²) in [4.78, 5) is 2.55. The summed E-state index contributed by atoms with van der Waals surface area (Å²) in [7, 11) is -1.15. The Morgan fingerprint density at radius 3 is 2.43 bits per heavy atom. The molecule has 0 N–H and O–H groups in total. The molecule has 1 aliphatic heterocycles. The molecule has 0 spiro atoms. The fourth-order valence-electron chi connectivity index (χ4n) is 3.82. The molecule has 1 atom stereocenters. The van der Waals surface area contributed by atoms with E-state index in [9.17, 15) is 12.8 Å². The van der Waals surface area contributed by atoms with Gasteiger partial charge in [-0.2, -0.15) is 0 Å². The van der Waals surface area contributed by atoms with E-state index in [0.29, 0.717) is 10.6 Å². The Morgan fingerprint density at radius 1 is 1.00 bits per heavy atom. The summed E-state index contributed by atoms with van der Waals surface area (Å²) in [6.07, 6.45) is 1.86. The van der Waals surface area contributed by atoms with Crippen LogP contribution in [-0.4, -0.2) is 33.2 Å². The van der Waals surface area contributed by atoms with Gasteiger partial charge >= 0.3 is 0 Å². The van der Waals surface area contributed by atoms with Crippen molar-refractivity contribution in [1.29, 1.82) is 0 Å². The van der Waals surface area contributed by atoms with E-state index in [1.54, 1.807) is 24.3 Å². The summed E-state index contributed by atoms with van der Waals surface area (Å²) in [5.74, 6) is 0.210. The van der Waals surface area contributed by atoms with E-state index in [-0.39, 0.29) is 11.9 Å². The van der Waals surface area contributed by atoms with E-state index in [0.717, 1.165) is 41.8 Å². The average molecular weight is 426 g/mol. The fourth-order valence-corrected chi connectivity index (χ4v) is 4.45. The van der Waals surface area contributed by atoms with Gasteiger partial charge in [0.2, 0.25) is 0 Å². The van der Waals surface area contributed by atoms with Gasteiger partial charge in [0, 0.05) is 31.8 Å². The number of nitrogens with zero attached hydrogens (tertiary/aromatic N) is 1. The Hall–Kier alpha value is -2.70. The second kappa shape index (κ2) is 8.20. The quantitative estimate of drug-likeness (QED) is 0.599. The number of fused-ring (bicyclic) bond motifs is 1. The molecule has 0 bridgehead atoms. The van der Waals surface area contributed by atoms with Crippen molar-refractivity contribution in [2.45, 2.75) is 24.0 Å². The van der Waals surface area contributed by atoms with Crippen LogP contribution in [0, 0.1) is 5.82 Å². The van der Waals surface area contributed by atoms with E-state index in [4.69, 9.17) is 4.74 Å². The van der Waals surface area contributed by atoms with Gasteiger partial charge in [0.25, 0.3) is 0 Å². The highest BCUT2D eigenvalue weighted by molar-refractivity contribution is 7.90. The molecule has 4 nitrogen and oxygen atoms in total. The number of hydrogen-bond donors (Lipinski definition) is 0. The Bertz CT molecular complexity index is 1160. The monoisotopic (exact) mass is 425 g/mol. The average Bonchev–Trinajstić information content (AvgIpc) is 2.85. The van der Waals surface area contributed by atoms with Crippen molar-refractivity contribution in [3.05, 3.63) is 83.7 Å². The van der Waals surface area contributed by atoms with Gasteiger partial charge in [-0.15, -0.1) is 0 Å². The fraction of sp³-hybridized carbons (Fsp3) is 0.250. The lowest BCUT2D eigenvalue weighted by molar-refractivity contribution is 0.182. The predicted octanol–water partition coefficient (Wildman–Crippen LogP) is 4.85. The number of hydrogen-bond acceptors (Lipinski definition) is 4. The molecule has 0 radical (unpaired) electrons. The summed E-state index contributed by atoms with van der Waals surface area (Å²) < 4.78 is 43.2. The lowest BCUT2D eigenvalue weighted by Crippen LogP contribution is -2.18. The minimum atomic E-state index is -3.22. The van der Waals surface area contributed by atoms with Crippen molar-refractivity contribution in [1.82, 2.24) is 4.90 Å². The first-order valence-electron chi connectivity index (χ1n) is 9.84. The third-order valence-electron chi connectivity index (χ3n) is 5.39. The zero-order valence-corrected chi connectivity index (χ0v) is 17.8. The second-order valence-corrected chi connectivity index (χ2v) is 9.82. The highest BCUT2D eigenvalue weighted by Gasteiger charge is 2.23. The molecule has 4 rings (SSSR count). The van der Waals surface area contributed by atoms with Crippen molar-refractivity contribution < 1.29 is 17.5 Å². The van der Waals surface area contributed by atoms with Crippen LogP contribution in [0.15, 0.2) is 71.6 Å². The van der Waals surface area contributed by atoms with Crippen LogP contribution in [0.3, 0.4) is 0 Å². The molecule has 156 valence electrons. The number of benzene rings is 3. The van der Waals surface area contributed by atoms with Crippen LogP contribution >= 0.6 is 0 Å². The Balaban J connectivity index is 1.67. The first-order chi connectivity index (χ1) is 14.3. The topological polar surface area (TPSA) is 46.6 Å². The third-order valence-corrected chi connectivity index (χ3v) is 6.52. The van der Waals surface area contributed by atoms with Crippen LogP contribution in [0.1, 0.15) is 23.7 Å². The molecule has 6 heteroatoms. The summed E-state index contributed by atoms with van der Waals surface area (Å²) in [6, 6.07) is 19.4. The zero-order chi connectivity index (χ0) is 21.3. The smallest absolute Gasteiger partial charge is 0.175 e. The molecule has 0 fully saturated rings. The maximum absolute atomic E-state index is 13.6. The van der Waals surface area contributed by atoms with E-state index < -0.39 is 9.84 Å². The van der Waals surface area contributed by atoms with Gasteiger partial charge in [-0.1, -0.05) is 30.3 Å². The molecule has 0 amide bonds. The first-order valence-corrected chi connectivity index (χ1v) is 11.7. The zero-order valence-electron chi connectivity index (χ0n) is 17.0. The highest BCUT2D eigenvalue weighted by atomic mass is 32.2. The molecule has 1 aliphatic rings. The minimum absolute atomic E-state index is 0.159. The van der Waals surface area contributed by atoms with E-state index in [2.05, 4.69) is 24.1 Å². The van der Waals surface area contributed by atoms with Gasteiger partial charge in [-0.25, -0.2) is 12.8 Å². The van der Waals surface area contributed by atoms with Crippen molar-refractivity contribution >= 4 is 9.84 Å². The molecular weight excluding hydrogens is 401 g/mol. The van der Waals surface area contributed by atoms with Gasteiger partial charge in [0.1, 0.15) is 17.7 Å².